The predicted molar refractivity (Wildman–Crippen MR) is 40.8 cm³/mol. The molecule has 0 bridgehead atoms. The third kappa shape index (κ3) is 1.54. The lowest BCUT2D eigenvalue weighted by Gasteiger charge is -1.92. The van der Waals surface area contributed by atoms with Crippen LogP contribution in [0.15, 0.2) is 18.2 Å². The Morgan fingerprint density at radius 1 is 1.44 bits per heavy atom. The second-order valence-electron chi connectivity index (χ2n) is 1.60. The summed E-state index contributed by atoms with van der Waals surface area (Å²) in [7, 11) is 0. The smallest absolute Gasteiger partial charge is 0.136 e. The molecule has 48 valence electrons. The van der Waals surface area contributed by atoms with Gasteiger partial charge in [0.1, 0.15) is 11.6 Å². The summed E-state index contributed by atoms with van der Waals surface area (Å²) in [5.41, 5.74) is 0. The van der Waals surface area contributed by atoms with Crippen LogP contribution in [0, 0.1) is 9.39 Å². The van der Waals surface area contributed by atoms with Crippen LogP contribution in [0.2, 0.25) is 0 Å². The van der Waals surface area contributed by atoms with Gasteiger partial charge in [-0.25, -0.2) is 4.39 Å². The maximum Gasteiger partial charge on any atom is 0.136 e. The monoisotopic (exact) mass is 238 g/mol. The standard InChI is InChI=1S/C6H4FIO/c7-5-2-1-4(9)3-6(5)8/h1-3,9H. The van der Waals surface area contributed by atoms with Gasteiger partial charge in [-0.05, 0) is 40.8 Å². The summed E-state index contributed by atoms with van der Waals surface area (Å²) in [6.45, 7) is 0. The molecule has 1 N–H and O–H groups in total. The Morgan fingerprint density at radius 2 is 2.11 bits per heavy atom. The van der Waals surface area contributed by atoms with Crippen molar-refractivity contribution in [3.8, 4) is 5.75 Å². The van der Waals surface area contributed by atoms with Gasteiger partial charge >= 0.3 is 0 Å². The van der Waals surface area contributed by atoms with Crippen molar-refractivity contribution < 1.29 is 9.50 Å². The van der Waals surface area contributed by atoms with Crippen LogP contribution in [0.3, 0.4) is 0 Å². The topological polar surface area (TPSA) is 20.2 Å². The highest BCUT2D eigenvalue weighted by molar-refractivity contribution is 14.1. The van der Waals surface area contributed by atoms with E-state index in [1.807, 2.05) is 22.6 Å². The summed E-state index contributed by atoms with van der Waals surface area (Å²) in [6, 6.07) is 3.92. The van der Waals surface area contributed by atoms with Gasteiger partial charge in [-0.1, -0.05) is 0 Å². The highest BCUT2D eigenvalue weighted by Gasteiger charge is 1.96. The minimum absolute atomic E-state index is 0.0980. The molecule has 0 aromatic heterocycles. The first-order valence-corrected chi connectivity index (χ1v) is 3.42. The van der Waals surface area contributed by atoms with E-state index >= 15 is 0 Å². The molecule has 0 saturated heterocycles. The summed E-state index contributed by atoms with van der Waals surface area (Å²) in [6.07, 6.45) is 0. The predicted octanol–water partition coefficient (Wildman–Crippen LogP) is 2.14. The lowest BCUT2D eigenvalue weighted by molar-refractivity contribution is 0.472. The van der Waals surface area contributed by atoms with Gasteiger partial charge in [-0.2, -0.15) is 0 Å². The molecule has 9 heavy (non-hydrogen) atoms. The van der Waals surface area contributed by atoms with Crippen molar-refractivity contribution in [1.29, 1.82) is 0 Å². The van der Waals surface area contributed by atoms with Gasteiger partial charge < -0.3 is 5.11 Å². The van der Waals surface area contributed by atoms with E-state index in [1.54, 1.807) is 0 Å². The van der Waals surface area contributed by atoms with Gasteiger partial charge in [0.15, 0.2) is 0 Å². The Hall–Kier alpha value is -0.320. The molecule has 0 radical (unpaired) electrons. The van der Waals surface area contributed by atoms with E-state index in [4.69, 9.17) is 5.11 Å². The number of benzene rings is 1. The van der Waals surface area contributed by atoms with E-state index in [2.05, 4.69) is 0 Å². The van der Waals surface area contributed by atoms with Crippen LogP contribution < -0.4 is 0 Å². The first kappa shape index (κ1) is 6.80. The van der Waals surface area contributed by atoms with Gasteiger partial charge in [0.25, 0.3) is 0 Å². The van der Waals surface area contributed by atoms with E-state index in [1.165, 1.54) is 18.2 Å². The summed E-state index contributed by atoms with van der Waals surface area (Å²) in [4.78, 5) is 0. The highest BCUT2D eigenvalue weighted by atomic mass is 127. The third-order valence-corrected chi connectivity index (χ3v) is 1.73. The number of halogens is 2. The van der Waals surface area contributed by atoms with Crippen molar-refractivity contribution in [3.63, 3.8) is 0 Å². The molecule has 0 aliphatic heterocycles. The maximum absolute atomic E-state index is 12.4. The van der Waals surface area contributed by atoms with Crippen LogP contribution in [0.5, 0.6) is 5.75 Å². The van der Waals surface area contributed by atoms with Crippen molar-refractivity contribution in [2.24, 2.45) is 0 Å². The van der Waals surface area contributed by atoms with Gasteiger partial charge in [-0.15, -0.1) is 0 Å². The molecule has 0 heterocycles. The van der Waals surface area contributed by atoms with Crippen LogP contribution in [0.4, 0.5) is 4.39 Å². The summed E-state index contributed by atoms with van der Waals surface area (Å²) in [5.74, 6) is -0.200. The number of aromatic hydroxyl groups is 1. The Balaban J connectivity index is 3.17. The average molecular weight is 238 g/mol. The van der Waals surface area contributed by atoms with Crippen LogP contribution in [0.1, 0.15) is 0 Å². The Labute approximate surface area is 65.7 Å². The fourth-order valence-electron chi connectivity index (χ4n) is 0.485. The van der Waals surface area contributed by atoms with Crippen LogP contribution in [0.25, 0.3) is 0 Å². The van der Waals surface area contributed by atoms with Gasteiger partial charge in [0.2, 0.25) is 0 Å². The number of hydrogen-bond donors (Lipinski definition) is 1. The Bertz CT molecular complexity index is 224. The Kier molecular flexibility index (Phi) is 1.90. The molecule has 0 aliphatic carbocycles. The minimum atomic E-state index is -0.298. The summed E-state index contributed by atoms with van der Waals surface area (Å²) < 4.78 is 12.8. The number of rotatable bonds is 0. The molecule has 0 atom stereocenters. The maximum atomic E-state index is 12.4. The summed E-state index contributed by atoms with van der Waals surface area (Å²) >= 11 is 1.81. The van der Waals surface area contributed by atoms with E-state index in [9.17, 15) is 4.39 Å². The van der Waals surface area contributed by atoms with E-state index in [0.717, 1.165) is 0 Å². The first-order valence-electron chi connectivity index (χ1n) is 2.34. The molecular formula is C6H4FIO. The van der Waals surface area contributed by atoms with Crippen molar-refractivity contribution in [2.75, 3.05) is 0 Å². The zero-order chi connectivity index (χ0) is 6.85. The van der Waals surface area contributed by atoms with Gasteiger partial charge in [0, 0.05) is 0 Å². The molecule has 3 heteroatoms. The molecule has 0 aliphatic rings. The van der Waals surface area contributed by atoms with Crippen LogP contribution in [-0.2, 0) is 0 Å². The fraction of sp³-hybridized carbons (Fsp3) is 0. The molecule has 0 saturated carbocycles. The zero-order valence-electron chi connectivity index (χ0n) is 4.44. The van der Waals surface area contributed by atoms with Crippen molar-refractivity contribution in [3.05, 3.63) is 27.6 Å². The lowest BCUT2D eigenvalue weighted by atomic mass is 10.3. The average Bonchev–Trinajstić information content (AvgIpc) is 1.80. The summed E-state index contributed by atoms with van der Waals surface area (Å²) in [5, 5.41) is 8.77. The molecule has 0 unspecified atom stereocenters. The third-order valence-electron chi connectivity index (χ3n) is 0.903. The largest absolute Gasteiger partial charge is 0.508 e. The second-order valence-corrected chi connectivity index (χ2v) is 2.76. The molecule has 0 amide bonds. The number of hydrogen-bond acceptors (Lipinski definition) is 1. The van der Waals surface area contributed by atoms with Crippen molar-refractivity contribution in [2.45, 2.75) is 0 Å². The van der Waals surface area contributed by atoms with E-state index in [0.29, 0.717) is 3.57 Å². The normalized spacial score (nSPS) is 9.56. The molecule has 1 nitrogen and oxygen atoms in total. The molecule has 1 aromatic carbocycles. The number of phenolic OH excluding ortho intramolecular Hbond substituents is 1. The highest BCUT2D eigenvalue weighted by Crippen LogP contribution is 2.16. The van der Waals surface area contributed by atoms with Crippen LogP contribution in [-0.4, -0.2) is 5.11 Å². The second kappa shape index (κ2) is 2.51. The molecular weight excluding hydrogens is 234 g/mol. The van der Waals surface area contributed by atoms with Gasteiger partial charge in [0.05, 0.1) is 3.57 Å². The van der Waals surface area contributed by atoms with E-state index < -0.39 is 0 Å². The van der Waals surface area contributed by atoms with Gasteiger partial charge in [-0.3, -0.25) is 0 Å². The fourth-order valence-corrected chi connectivity index (χ4v) is 0.984. The van der Waals surface area contributed by atoms with E-state index in [-0.39, 0.29) is 11.6 Å². The quantitative estimate of drug-likeness (QED) is 0.686. The minimum Gasteiger partial charge on any atom is -0.508 e. The lowest BCUT2D eigenvalue weighted by Crippen LogP contribution is -1.77. The SMILES string of the molecule is Oc1ccc(F)c(I)c1. The van der Waals surface area contributed by atoms with Crippen LogP contribution >= 0.6 is 22.6 Å². The molecule has 0 spiro atoms. The zero-order valence-corrected chi connectivity index (χ0v) is 6.59. The van der Waals surface area contributed by atoms with Crippen molar-refractivity contribution in [1.82, 2.24) is 0 Å². The molecule has 1 rings (SSSR count). The molecule has 1 aromatic rings. The Morgan fingerprint density at radius 3 is 2.56 bits per heavy atom. The first-order chi connectivity index (χ1) is 4.20. The molecule has 0 fully saturated rings. The van der Waals surface area contributed by atoms with Crippen molar-refractivity contribution >= 4 is 22.6 Å². The number of phenols is 1.